The van der Waals surface area contributed by atoms with Gasteiger partial charge in [0.15, 0.2) is 0 Å². The summed E-state index contributed by atoms with van der Waals surface area (Å²) in [6.07, 6.45) is 2.32. The van der Waals surface area contributed by atoms with Crippen LogP contribution in [0.25, 0.3) is 0 Å². The lowest BCUT2D eigenvalue weighted by molar-refractivity contribution is 0.0788. The molecule has 158 valence electrons. The normalized spacial score (nSPS) is 19.1. The highest BCUT2D eigenvalue weighted by molar-refractivity contribution is 5.94. The van der Waals surface area contributed by atoms with Crippen LogP contribution in [0, 0.1) is 12.7 Å². The summed E-state index contributed by atoms with van der Waals surface area (Å²) < 4.78 is 14.0. The maximum Gasteiger partial charge on any atom is 0.317 e. The molecule has 1 N–H and O–H groups in total. The molecule has 2 aliphatic rings. The van der Waals surface area contributed by atoms with Gasteiger partial charge in [0.1, 0.15) is 5.82 Å². The van der Waals surface area contributed by atoms with Crippen molar-refractivity contribution in [2.75, 3.05) is 44.2 Å². The first-order valence-corrected chi connectivity index (χ1v) is 10.3. The molecule has 2 aromatic rings. The number of nitrogens with zero attached hydrogens (tertiary/aromatic N) is 4. The molecule has 0 saturated carbocycles. The van der Waals surface area contributed by atoms with Gasteiger partial charge >= 0.3 is 6.03 Å². The minimum atomic E-state index is -0.241. The van der Waals surface area contributed by atoms with Crippen LogP contribution in [0.5, 0.6) is 0 Å². The number of benzene rings is 1. The summed E-state index contributed by atoms with van der Waals surface area (Å²) >= 11 is 0. The minimum Gasteiger partial charge on any atom is -0.366 e. The van der Waals surface area contributed by atoms with E-state index < -0.39 is 0 Å². The zero-order chi connectivity index (χ0) is 21.1. The van der Waals surface area contributed by atoms with Crippen LogP contribution < -0.4 is 10.2 Å². The molecule has 2 fully saturated rings. The largest absolute Gasteiger partial charge is 0.366 e. The second-order valence-corrected chi connectivity index (χ2v) is 7.80. The molecule has 2 aliphatic heterocycles. The van der Waals surface area contributed by atoms with Crippen LogP contribution in [0.1, 0.15) is 22.5 Å². The Labute approximate surface area is 175 Å². The second kappa shape index (κ2) is 8.69. The topological polar surface area (TPSA) is 68.8 Å². The molecular weight excluding hydrogens is 385 g/mol. The predicted molar refractivity (Wildman–Crippen MR) is 112 cm³/mol. The Morgan fingerprint density at radius 3 is 2.50 bits per heavy atom. The quantitative estimate of drug-likeness (QED) is 0.842. The van der Waals surface area contributed by atoms with E-state index in [-0.39, 0.29) is 23.8 Å². The number of anilines is 1. The first-order valence-electron chi connectivity index (χ1n) is 10.3. The van der Waals surface area contributed by atoms with E-state index >= 15 is 0 Å². The molecule has 0 spiro atoms. The zero-order valence-electron chi connectivity index (χ0n) is 17.1. The molecule has 1 aromatic heterocycles. The molecular formula is C22H26FN5O2. The SMILES string of the molecule is Cc1ccc(C(=O)N2CCC(NC(=O)N3CCN(c4ccccc4F)CC3)C2)cn1. The van der Waals surface area contributed by atoms with Gasteiger partial charge in [0.25, 0.3) is 5.91 Å². The number of likely N-dealkylation sites (tertiary alicyclic amines) is 1. The van der Waals surface area contributed by atoms with Crippen LogP contribution in [-0.2, 0) is 0 Å². The van der Waals surface area contributed by atoms with Crippen molar-refractivity contribution in [2.24, 2.45) is 0 Å². The highest BCUT2D eigenvalue weighted by Gasteiger charge is 2.30. The summed E-state index contributed by atoms with van der Waals surface area (Å²) in [5.41, 5.74) is 2.01. The van der Waals surface area contributed by atoms with Crippen molar-refractivity contribution in [1.82, 2.24) is 20.1 Å². The van der Waals surface area contributed by atoms with Gasteiger partial charge in [-0.05, 0) is 37.6 Å². The van der Waals surface area contributed by atoms with E-state index in [0.29, 0.717) is 50.5 Å². The number of rotatable bonds is 3. The highest BCUT2D eigenvalue weighted by Crippen LogP contribution is 2.20. The van der Waals surface area contributed by atoms with Gasteiger partial charge < -0.3 is 20.0 Å². The summed E-state index contributed by atoms with van der Waals surface area (Å²) in [6.45, 7) is 5.22. The van der Waals surface area contributed by atoms with E-state index in [2.05, 4.69) is 10.3 Å². The first-order chi connectivity index (χ1) is 14.5. The molecule has 0 bridgehead atoms. The summed E-state index contributed by atoms with van der Waals surface area (Å²) in [5, 5.41) is 3.04. The van der Waals surface area contributed by atoms with E-state index in [1.165, 1.54) is 6.07 Å². The molecule has 8 heteroatoms. The number of amides is 3. The van der Waals surface area contributed by atoms with Crippen molar-refractivity contribution in [1.29, 1.82) is 0 Å². The second-order valence-electron chi connectivity index (χ2n) is 7.80. The van der Waals surface area contributed by atoms with Crippen LogP contribution >= 0.6 is 0 Å². The average molecular weight is 411 g/mol. The van der Waals surface area contributed by atoms with E-state index in [9.17, 15) is 14.0 Å². The predicted octanol–water partition coefficient (Wildman–Crippen LogP) is 2.28. The fraction of sp³-hybridized carbons (Fsp3) is 0.409. The standard InChI is InChI=1S/C22H26FN5O2/c1-16-6-7-17(14-24-16)21(29)28-9-8-18(15-28)25-22(30)27-12-10-26(11-13-27)20-5-3-2-4-19(20)23/h2-7,14,18H,8-13,15H2,1H3,(H,25,30). The molecule has 30 heavy (non-hydrogen) atoms. The number of para-hydroxylation sites is 1. The number of pyridine rings is 1. The summed E-state index contributed by atoms with van der Waals surface area (Å²) in [6, 6.07) is 10.1. The fourth-order valence-electron chi connectivity index (χ4n) is 3.96. The number of hydrogen-bond donors (Lipinski definition) is 1. The number of carbonyl (C=O) groups excluding carboxylic acids is 2. The van der Waals surface area contributed by atoms with Crippen molar-refractivity contribution in [3.63, 3.8) is 0 Å². The molecule has 2 saturated heterocycles. The van der Waals surface area contributed by atoms with Crippen LogP contribution in [0.2, 0.25) is 0 Å². The smallest absolute Gasteiger partial charge is 0.317 e. The van der Waals surface area contributed by atoms with Crippen molar-refractivity contribution in [3.05, 3.63) is 59.7 Å². The van der Waals surface area contributed by atoms with E-state index in [0.717, 1.165) is 12.1 Å². The number of hydrogen-bond acceptors (Lipinski definition) is 4. The Hall–Kier alpha value is -3.16. The molecule has 3 amide bonds. The third-order valence-corrected chi connectivity index (χ3v) is 5.72. The van der Waals surface area contributed by atoms with Crippen molar-refractivity contribution in [3.8, 4) is 0 Å². The number of urea groups is 1. The lowest BCUT2D eigenvalue weighted by Gasteiger charge is -2.36. The lowest BCUT2D eigenvalue weighted by atomic mass is 10.2. The van der Waals surface area contributed by atoms with Gasteiger partial charge in [0.05, 0.1) is 11.3 Å². The highest BCUT2D eigenvalue weighted by atomic mass is 19.1. The molecule has 3 heterocycles. The number of piperazine rings is 1. The summed E-state index contributed by atoms with van der Waals surface area (Å²) in [7, 11) is 0. The van der Waals surface area contributed by atoms with Crippen LogP contribution in [0.15, 0.2) is 42.6 Å². The molecule has 1 unspecified atom stereocenters. The van der Waals surface area contributed by atoms with Gasteiger partial charge in [-0.15, -0.1) is 0 Å². The Morgan fingerprint density at radius 2 is 1.80 bits per heavy atom. The number of aromatic nitrogens is 1. The number of nitrogens with one attached hydrogen (secondary N) is 1. The Kier molecular flexibility index (Phi) is 5.83. The maximum atomic E-state index is 14.0. The molecule has 1 aromatic carbocycles. The third-order valence-electron chi connectivity index (χ3n) is 5.72. The van der Waals surface area contributed by atoms with Crippen LogP contribution in [0.4, 0.5) is 14.9 Å². The van der Waals surface area contributed by atoms with Crippen LogP contribution in [-0.4, -0.2) is 72.0 Å². The van der Waals surface area contributed by atoms with Crippen molar-refractivity contribution >= 4 is 17.6 Å². The van der Waals surface area contributed by atoms with E-state index in [1.807, 2.05) is 24.0 Å². The maximum absolute atomic E-state index is 14.0. The van der Waals surface area contributed by atoms with Gasteiger partial charge in [-0.3, -0.25) is 9.78 Å². The van der Waals surface area contributed by atoms with Gasteiger partial charge in [-0.2, -0.15) is 0 Å². The Balaban J connectivity index is 1.26. The van der Waals surface area contributed by atoms with Gasteiger partial charge in [-0.25, -0.2) is 9.18 Å². The molecule has 0 radical (unpaired) electrons. The number of carbonyl (C=O) groups is 2. The summed E-state index contributed by atoms with van der Waals surface area (Å²) in [5.74, 6) is -0.298. The van der Waals surface area contributed by atoms with Crippen molar-refractivity contribution < 1.29 is 14.0 Å². The minimum absolute atomic E-state index is 0.0576. The summed E-state index contributed by atoms with van der Waals surface area (Å²) in [4.78, 5) is 34.9. The third kappa shape index (κ3) is 4.37. The van der Waals surface area contributed by atoms with Gasteiger partial charge in [-0.1, -0.05) is 12.1 Å². The Morgan fingerprint density at radius 1 is 1.03 bits per heavy atom. The lowest BCUT2D eigenvalue weighted by Crippen LogP contribution is -2.54. The molecule has 4 rings (SSSR count). The van der Waals surface area contributed by atoms with E-state index in [4.69, 9.17) is 0 Å². The molecule has 0 aliphatic carbocycles. The molecule has 1 atom stereocenters. The molecule has 7 nitrogen and oxygen atoms in total. The monoisotopic (exact) mass is 411 g/mol. The van der Waals surface area contributed by atoms with Crippen molar-refractivity contribution in [2.45, 2.75) is 19.4 Å². The first kappa shape index (κ1) is 20.1. The van der Waals surface area contributed by atoms with E-state index in [1.54, 1.807) is 34.2 Å². The van der Waals surface area contributed by atoms with Gasteiger partial charge in [0.2, 0.25) is 0 Å². The van der Waals surface area contributed by atoms with Crippen LogP contribution in [0.3, 0.4) is 0 Å². The van der Waals surface area contributed by atoms with Gasteiger partial charge in [0, 0.05) is 57.2 Å². The number of aryl methyl sites for hydroxylation is 1. The fourth-order valence-corrected chi connectivity index (χ4v) is 3.96. The Bertz CT molecular complexity index is 912. The average Bonchev–Trinajstić information content (AvgIpc) is 3.23. The zero-order valence-corrected chi connectivity index (χ0v) is 17.1. The number of halogens is 1.